The molecule has 1 aromatic rings. The zero-order valence-corrected chi connectivity index (χ0v) is 17.8. The van der Waals surface area contributed by atoms with Gasteiger partial charge in [0.1, 0.15) is 5.60 Å². The molecule has 0 bridgehead atoms. The fraction of sp³-hybridized carbons (Fsp3) is 0.708. The van der Waals surface area contributed by atoms with Crippen LogP contribution in [0, 0.1) is 5.41 Å². The standard InChI is InChI=1S/C24H38O2/c1-7-23(5,6)21(25)26-24(17-11-9-8-10-12-18-24)20-15-13-19(14-16-20)22(2,3)4/h13-16H,7-12,17-18H2,1-6H3. The number of hydrogen-bond donors (Lipinski definition) is 0. The molecule has 26 heavy (non-hydrogen) atoms. The molecule has 0 aliphatic heterocycles. The van der Waals surface area contributed by atoms with E-state index in [-0.39, 0.29) is 11.4 Å². The van der Waals surface area contributed by atoms with Gasteiger partial charge < -0.3 is 4.74 Å². The van der Waals surface area contributed by atoms with E-state index in [1.807, 2.05) is 13.8 Å². The van der Waals surface area contributed by atoms with Gasteiger partial charge in [-0.1, -0.05) is 71.2 Å². The predicted molar refractivity (Wildman–Crippen MR) is 109 cm³/mol. The Hall–Kier alpha value is -1.31. The minimum Gasteiger partial charge on any atom is -0.454 e. The van der Waals surface area contributed by atoms with Crippen LogP contribution in [0.5, 0.6) is 0 Å². The molecule has 2 rings (SSSR count). The Morgan fingerprint density at radius 3 is 1.88 bits per heavy atom. The summed E-state index contributed by atoms with van der Waals surface area (Å²) in [6.45, 7) is 12.7. The topological polar surface area (TPSA) is 26.3 Å². The molecule has 0 heterocycles. The summed E-state index contributed by atoms with van der Waals surface area (Å²) in [5, 5.41) is 0. The maximum Gasteiger partial charge on any atom is 0.312 e. The average Bonchev–Trinajstić information content (AvgIpc) is 2.56. The highest BCUT2D eigenvalue weighted by molar-refractivity contribution is 5.76. The third-order valence-corrected chi connectivity index (χ3v) is 6.16. The van der Waals surface area contributed by atoms with Crippen molar-refractivity contribution in [3.63, 3.8) is 0 Å². The second-order valence-corrected chi connectivity index (χ2v) is 9.72. The Kier molecular flexibility index (Phi) is 6.58. The summed E-state index contributed by atoms with van der Waals surface area (Å²) >= 11 is 0. The molecule has 1 fully saturated rings. The van der Waals surface area contributed by atoms with Crippen molar-refractivity contribution < 1.29 is 9.53 Å². The summed E-state index contributed by atoms with van der Waals surface area (Å²) in [4.78, 5) is 12.9. The number of carbonyl (C=O) groups excluding carboxylic acids is 1. The number of esters is 1. The highest BCUT2D eigenvalue weighted by Crippen LogP contribution is 2.41. The highest BCUT2D eigenvalue weighted by Gasteiger charge is 2.40. The van der Waals surface area contributed by atoms with Crippen LogP contribution in [0.3, 0.4) is 0 Å². The molecule has 2 heteroatoms. The molecule has 0 aromatic heterocycles. The summed E-state index contributed by atoms with van der Waals surface area (Å²) in [6, 6.07) is 8.84. The van der Waals surface area contributed by atoms with Crippen molar-refractivity contribution in [2.45, 2.75) is 104 Å². The maximum atomic E-state index is 12.9. The predicted octanol–water partition coefficient (Wildman–Crippen LogP) is 6.90. The van der Waals surface area contributed by atoms with Gasteiger partial charge in [-0.3, -0.25) is 4.79 Å². The van der Waals surface area contributed by atoms with Crippen LogP contribution in [-0.4, -0.2) is 5.97 Å². The van der Waals surface area contributed by atoms with Crippen LogP contribution in [0.1, 0.15) is 104 Å². The minimum absolute atomic E-state index is 0.0551. The van der Waals surface area contributed by atoms with Gasteiger partial charge in [0.15, 0.2) is 0 Å². The SMILES string of the molecule is CCC(C)(C)C(=O)OC1(c2ccc(C(C)(C)C)cc2)CCCCCCC1. The number of ether oxygens (including phenoxy) is 1. The number of carbonyl (C=O) groups is 1. The lowest BCUT2D eigenvalue weighted by molar-refractivity contribution is -0.175. The number of rotatable bonds is 4. The normalized spacial score (nSPS) is 18.7. The molecule has 2 nitrogen and oxygen atoms in total. The summed E-state index contributed by atoms with van der Waals surface area (Å²) in [7, 11) is 0. The van der Waals surface area contributed by atoms with Crippen molar-refractivity contribution in [1.82, 2.24) is 0 Å². The third-order valence-electron chi connectivity index (χ3n) is 6.16. The van der Waals surface area contributed by atoms with Gasteiger partial charge in [-0.2, -0.15) is 0 Å². The Balaban J connectivity index is 2.38. The van der Waals surface area contributed by atoms with E-state index in [2.05, 4.69) is 52.0 Å². The molecule has 0 unspecified atom stereocenters. The van der Waals surface area contributed by atoms with Crippen LogP contribution >= 0.6 is 0 Å². The van der Waals surface area contributed by atoms with Crippen LogP contribution in [0.4, 0.5) is 0 Å². The van der Waals surface area contributed by atoms with Crippen LogP contribution in [0.25, 0.3) is 0 Å². The van der Waals surface area contributed by atoms with Crippen LogP contribution in [0.2, 0.25) is 0 Å². The largest absolute Gasteiger partial charge is 0.454 e. The fourth-order valence-corrected chi connectivity index (χ4v) is 3.66. The molecule has 0 saturated heterocycles. The van der Waals surface area contributed by atoms with Crippen LogP contribution in [-0.2, 0) is 20.5 Å². The molecule has 1 saturated carbocycles. The third kappa shape index (κ3) is 4.90. The molecule has 0 spiro atoms. The first-order chi connectivity index (χ1) is 12.1. The molecule has 0 radical (unpaired) electrons. The van der Waals surface area contributed by atoms with Crippen molar-refractivity contribution in [2.24, 2.45) is 5.41 Å². The van der Waals surface area contributed by atoms with Crippen molar-refractivity contribution in [3.05, 3.63) is 35.4 Å². The first-order valence-corrected chi connectivity index (χ1v) is 10.5. The zero-order valence-electron chi connectivity index (χ0n) is 17.8. The van der Waals surface area contributed by atoms with Crippen LogP contribution < -0.4 is 0 Å². The van der Waals surface area contributed by atoms with E-state index in [9.17, 15) is 4.79 Å². The van der Waals surface area contributed by atoms with Gasteiger partial charge in [0, 0.05) is 0 Å². The van der Waals surface area contributed by atoms with E-state index in [0.29, 0.717) is 0 Å². The fourth-order valence-electron chi connectivity index (χ4n) is 3.66. The smallest absolute Gasteiger partial charge is 0.312 e. The summed E-state index contributed by atoms with van der Waals surface area (Å²) in [5.41, 5.74) is 1.74. The second kappa shape index (κ2) is 8.15. The quantitative estimate of drug-likeness (QED) is 0.547. The summed E-state index contributed by atoms with van der Waals surface area (Å²) in [6.07, 6.45) is 8.69. The van der Waals surface area contributed by atoms with Crippen molar-refractivity contribution in [1.29, 1.82) is 0 Å². The van der Waals surface area contributed by atoms with E-state index in [0.717, 1.165) is 32.1 Å². The average molecular weight is 359 g/mol. The van der Waals surface area contributed by atoms with Gasteiger partial charge in [-0.25, -0.2) is 0 Å². The van der Waals surface area contributed by atoms with Crippen molar-refractivity contribution >= 4 is 5.97 Å². The van der Waals surface area contributed by atoms with E-state index < -0.39 is 11.0 Å². The highest BCUT2D eigenvalue weighted by atomic mass is 16.6. The van der Waals surface area contributed by atoms with E-state index >= 15 is 0 Å². The zero-order chi connectivity index (χ0) is 19.4. The minimum atomic E-state index is -0.458. The van der Waals surface area contributed by atoms with Gasteiger partial charge in [0.2, 0.25) is 0 Å². The van der Waals surface area contributed by atoms with E-state index in [1.54, 1.807) is 0 Å². The van der Waals surface area contributed by atoms with Gasteiger partial charge in [-0.05, 0) is 62.5 Å². The number of hydrogen-bond acceptors (Lipinski definition) is 2. The monoisotopic (exact) mass is 358 g/mol. The lowest BCUT2D eigenvalue weighted by Gasteiger charge is -2.38. The molecule has 0 atom stereocenters. The molecule has 0 N–H and O–H groups in total. The summed E-state index contributed by atoms with van der Waals surface area (Å²) in [5.74, 6) is -0.0551. The van der Waals surface area contributed by atoms with Gasteiger partial charge in [0.25, 0.3) is 0 Å². The number of benzene rings is 1. The summed E-state index contributed by atoms with van der Waals surface area (Å²) < 4.78 is 6.34. The molecule has 1 aliphatic carbocycles. The Morgan fingerprint density at radius 2 is 1.42 bits per heavy atom. The van der Waals surface area contributed by atoms with E-state index in [4.69, 9.17) is 4.74 Å². The van der Waals surface area contributed by atoms with Crippen LogP contribution in [0.15, 0.2) is 24.3 Å². The molecule has 0 amide bonds. The molecule has 146 valence electrons. The first-order valence-electron chi connectivity index (χ1n) is 10.5. The van der Waals surface area contributed by atoms with Gasteiger partial charge >= 0.3 is 5.97 Å². The van der Waals surface area contributed by atoms with E-state index in [1.165, 1.54) is 30.4 Å². The Labute approximate surface area is 160 Å². The Morgan fingerprint density at radius 1 is 0.923 bits per heavy atom. The first kappa shape index (κ1) is 21.0. The molecular weight excluding hydrogens is 320 g/mol. The van der Waals surface area contributed by atoms with Crippen molar-refractivity contribution in [3.8, 4) is 0 Å². The lowest BCUT2D eigenvalue weighted by atomic mass is 9.79. The van der Waals surface area contributed by atoms with Gasteiger partial charge in [0.05, 0.1) is 5.41 Å². The lowest BCUT2D eigenvalue weighted by Crippen LogP contribution is -2.38. The molecule has 1 aliphatic rings. The molecule has 1 aromatic carbocycles. The Bertz CT molecular complexity index is 582. The van der Waals surface area contributed by atoms with Gasteiger partial charge in [-0.15, -0.1) is 0 Å². The second-order valence-electron chi connectivity index (χ2n) is 9.72. The maximum absolute atomic E-state index is 12.9. The van der Waals surface area contributed by atoms with Crippen molar-refractivity contribution in [2.75, 3.05) is 0 Å². The molecular formula is C24H38O2.